The molecule has 2 saturated heterocycles. The van der Waals surface area contributed by atoms with Crippen LogP contribution in [0.15, 0.2) is 54.6 Å². The van der Waals surface area contributed by atoms with Gasteiger partial charge < -0.3 is 14.7 Å². The number of piperidine rings is 1. The number of carbonyl (C=O) groups is 1. The summed E-state index contributed by atoms with van der Waals surface area (Å²) in [5.41, 5.74) is 4.65. The molecule has 3 aromatic rings. The Morgan fingerprint density at radius 1 is 1.02 bits per heavy atom. The summed E-state index contributed by atoms with van der Waals surface area (Å²) in [6, 6.07) is 17.0. The minimum absolute atomic E-state index is 0.105. The van der Waals surface area contributed by atoms with Gasteiger partial charge in [0.2, 0.25) is 0 Å². The van der Waals surface area contributed by atoms with Crippen molar-refractivity contribution in [3.05, 3.63) is 82.9 Å². The molecule has 0 aliphatic carbocycles. The third kappa shape index (κ3) is 7.95. The average Bonchev–Trinajstić information content (AvgIpc) is 3.65. The number of aryl methyl sites for hydroxylation is 1. The number of benzene rings is 2. The highest BCUT2D eigenvalue weighted by Gasteiger charge is 2.42. The summed E-state index contributed by atoms with van der Waals surface area (Å²) in [6.45, 7) is 14.1. The van der Waals surface area contributed by atoms with Crippen molar-refractivity contribution in [1.82, 2.24) is 19.6 Å². The molecule has 2 aliphatic heterocycles. The van der Waals surface area contributed by atoms with Gasteiger partial charge in [0.25, 0.3) is 0 Å². The molecule has 8 heteroatoms. The lowest BCUT2D eigenvalue weighted by molar-refractivity contribution is -0.145. The maximum absolute atomic E-state index is 14.3. The number of nitrogens with zero attached hydrogens (tertiary/aromatic N) is 4. The van der Waals surface area contributed by atoms with Crippen LogP contribution in [-0.4, -0.2) is 76.0 Å². The molecule has 2 aromatic carbocycles. The van der Waals surface area contributed by atoms with E-state index in [1.54, 1.807) is 12.1 Å². The van der Waals surface area contributed by atoms with Crippen LogP contribution in [0.3, 0.4) is 0 Å². The Hall–Kier alpha value is -3.23. The quantitative estimate of drug-likeness (QED) is 0.214. The maximum atomic E-state index is 14.3. The zero-order valence-corrected chi connectivity index (χ0v) is 27.5. The van der Waals surface area contributed by atoms with Crippen molar-refractivity contribution in [3.63, 3.8) is 0 Å². The van der Waals surface area contributed by atoms with Crippen LogP contribution in [0.1, 0.15) is 87.7 Å². The molecule has 244 valence electrons. The Balaban J connectivity index is 1.25. The molecule has 0 unspecified atom stereocenters. The minimum atomic E-state index is -0.738. The molecule has 0 saturated carbocycles. The van der Waals surface area contributed by atoms with E-state index in [0.717, 1.165) is 81.8 Å². The first-order valence-corrected chi connectivity index (χ1v) is 17.1. The van der Waals surface area contributed by atoms with Gasteiger partial charge in [-0.3, -0.25) is 14.4 Å². The van der Waals surface area contributed by atoms with E-state index in [2.05, 4.69) is 53.5 Å². The van der Waals surface area contributed by atoms with Gasteiger partial charge >= 0.3 is 5.97 Å². The number of carboxylic acid groups (broad SMARTS) is 1. The number of halogens is 1. The highest BCUT2D eigenvalue weighted by molar-refractivity contribution is 5.74. The van der Waals surface area contributed by atoms with E-state index >= 15 is 0 Å². The normalized spacial score (nSPS) is 20.6. The van der Waals surface area contributed by atoms with Gasteiger partial charge in [-0.2, -0.15) is 5.10 Å². The molecule has 45 heavy (non-hydrogen) atoms. The predicted molar refractivity (Wildman–Crippen MR) is 176 cm³/mol. The zero-order chi connectivity index (χ0) is 31.9. The Morgan fingerprint density at radius 3 is 2.38 bits per heavy atom. The summed E-state index contributed by atoms with van der Waals surface area (Å²) < 4.78 is 22.1. The van der Waals surface area contributed by atoms with Crippen LogP contribution in [0.5, 0.6) is 5.75 Å². The lowest BCUT2D eigenvalue weighted by atomic mass is 9.87. The van der Waals surface area contributed by atoms with Crippen molar-refractivity contribution in [2.45, 2.75) is 84.2 Å². The second-order valence-electron chi connectivity index (χ2n) is 12.9. The van der Waals surface area contributed by atoms with Gasteiger partial charge in [0.05, 0.1) is 12.3 Å². The number of likely N-dealkylation sites (tertiary alicyclic amines) is 2. The summed E-state index contributed by atoms with van der Waals surface area (Å²) in [5, 5.41) is 15.2. The lowest BCUT2D eigenvalue weighted by Gasteiger charge is -2.35. The number of carboxylic acids is 1. The second kappa shape index (κ2) is 15.4. The zero-order valence-electron chi connectivity index (χ0n) is 27.5. The Kier molecular flexibility index (Phi) is 11.3. The first kappa shape index (κ1) is 33.1. The fourth-order valence-corrected chi connectivity index (χ4v) is 7.80. The van der Waals surface area contributed by atoms with Crippen LogP contribution in [0, 0.1) is 17.7 Å². The predicted octanol–water partition coefficient (Wildman–Crippen LogP) is 6.82. The molecular formula is C37H51FN4O3. The van der Waals surface area contributed by atoms with Crippen molar-refractivity contribution in [3.8, 4) is 5.75 Å². The van der Waals surface area contributed by atoms with E-state index in [-0.39, 0.29) is 23.6 Å². The van der Waals surface area contributed by atoms with Crippen molar-refractivity contribution < 1.29 is 19.0 Å². The molecule has 0 amide bonds. The van der Waals surface area contributed by atoms with E-state index in [9.17, 15) is 14.3 Å². The number of hydrogen-bond acceptors (Lipinski definition) is 5. The van der Waals surface area contributed by atoms with Crippen molar-refractivity contribution >= 4 is 5.97 Å². The number of aromatic nitrogens is 2. The molecule has 0 radical (unpaired) electrons. The molecule has 0 bridgehead atoms. The molecule has 1 N–H and O–H groups in total. The number of rotatable bonds is 14. The average molecular weight is 619 g/mol. The Bertz CT molecular complexity index is 1380. The highest BCUT2D eigenvalue weighted by atomic mass is 19.1. The van der Waals surface area contributed by atoms with Crippen LogP contribution in [0.25, 0.3) is 0 Å². The molecule has 3 atom stereocenters. The van der Waals surface area contributed by atoms with Gasteiger partial charge in [0.15, 0.2) is 0 Å². The summed E-state index contributed by atoms with van der Waals surface area (Å²) in [5.74, 6) is 0.865. The van der Waals surface area contributed by atoms with Gasteiger partial charge in [-0.25, -0.2) is 4.39 Å². The van der Waals surface area contributed by atoms with Crippen molar-refractivity contribution in [2.24, 2.45) is 11.8 Å². The monoisotopic (exact) mass is 618 g/mol. The van der Waals surface area contributed by atoms with E-state index in [4.69, 9.17) is 9.84 Å². The van der Waals surface area contributed by atoms with Crippen LogP contribution < -0.4 is 4.74 Å². The fraction of sp³-hybridized carbons (Fsp3) is 0.568. The molecule has 2 fully saturated rings. The van der Waals surface area contributed by atoms with Gasteiger partial charge in [-0.1, -0.05) is 51.0 Å². The van der Waals surface area contributed by atoms with Gasteiger partial charge in [0, 0.05) is 50.1 Å². The molecule has 2 aliphatic rings. The summed E-state index contributed by atoms with van der Waals surface area (Å²) in [6.07, 6.45) is 4.62. The van der Waals surface area contributed by atoms with Crippen molar-refractivity contribution in [1.29, 1.82) is 0 Å². The Morgan fingerprint density at radius 2 is 1.76 bits per heavy atom. The molecule has 7 nitrogen and oxygen atoms in total. The number of aliphatic carboxylic acids is 1. The third-order valence-electron chi connectivity index (χ3n) is 10.2. The fourth-order valence-electron chi connectivity index (χ4n) is 7.80. The second-order valence-corrected chi connectivity index (χ2v) is 12.9. The molecule has 1 aromatic heterocycles. The highest BCUT2D eigenvalue weighted by Crippen LogP contribution is 2.38. The molecule has 3 heterocycles. The standard InChI is InChI=1S/C37H51FN4O3/c1-5-27(6-2)36(37(43)44)41-24-30(34(25-41)29-10-9-11-31(38)21-29)23-40-18-16-28(17-19-40)35-22-32(39-42(35)7-3)20-26-12-14-33(15-13-26)45-8-4/h9-15,21-22,27-28,30,34,36H,5-8,16-20,23-25H2,1-4H3,(H,43,44)/t30-,34+,36+/m0/s1. The molecule has 5 rings (SSSR count). The van der Waals surface area contributed by atoms with E-state index in [1.165, 1.54) is 17.3 Å². The van der Waals surface area contributed by atoms with Crippen LogP contribution >= 0.6 is 0 Å². The molecule has 0 spiro atoms. The summed E-state index contributed by atoms with van der Waals surface area (Å²) in [4.78, 5) is 17.2. The molecular weight excluding hydrogens is 567 g/mol. The lowest BCUT2D eigenvalue weighted by Crippen LogP contribution is -2.45. The topological polar surface area (TPSA) is 70.8 Å². The Labute approximate surface area is 268 Å². The van der Waals surface area contributed by atoms with Crippen molar-refractivity contribution in [2.75, 3.05) is 39.3 Å². The van der Waals surface area contributed by atoms with E-state index < -0.39 is 12.0 Å². The summed E-state index contributed by atoms with van der Waals surface area (Å²) >= 11 is 0. The van der Waals surface area contributed by atoms with E-state index in [1.807, 2.05) is 25.1 Å². The third-order valence-corrected chi connectivity index (χ3v) is 10.2. The maximum Gasteiger partial charge on any atom is 0.321 e. The first-order chi connectivity index (χ1) is 21.8. The largest absolute Gasteiger partial charge is 0.494 e. The minimum Gasteiger partial charge on any atom is -0.494 e. The van der Waals surface area contributed by atoms with Gasteiger partial charge in [0.1, 0.15) is 17.6 Å². The number of hydrogen-bond donors (Lipinski definition) is 1. The summed E-state index contributed by atoms with van der Waals surface area (Å²) in [7, 11) is 0. The van der Waals surface area contributed by atoms with E-state index in [0.29, 0.717) is 19.1 Å². The SMILES string of the molecule is CCOc1ccc(Cc2cc(C3CCN(C[C@H]4CN([C@@H](C(=O)O)C(CC)CC)C[C@@H]4c4cccc(F)c4)CC3)n(CC)n2)cc1. The van der Waals surface area contributed by atoms with Gasteiger partial charge in [-0.15, -0.1) is 0 Å². The number of ether oxygens (including phenoxy) is 1. The van der Waals surface area contributed by atoms with Crippen LogP contribution in [-0.2, 0) is 17.8 Å². The smallest absolute Gasteiger partial charge is 0.321 e. The van der Waals surface area contributed by atoms with Crippen LogP contribution in [0.2, 0.25) is 0 Å². The van der Waals surface area contributed by atoms with Gasteiger partial charge in [-0.05, 0) is 93.1 Å². The van der Waals surface area contributed by atoms with Crippen LogP contribution in [0.4, 0.5) is 4.39 Å². The first-order valence-electron chi connectivity index (χ1n) is 17.1.